The lowest BCUT2D eigenvalue weighted by molar-refractivity contribution is -0.273. The lowest BCUT2D eigenvalue weighted by atomic mass is 9.99. The van der Waals surface area contributed by atoms with Crippen molar-refractivity contribution in [2.45, 2.75) is 52.9 Å². The first kappa shape index (κ1) is 13.4. The van der Waals surface area contributed by atoms with E-state index in [4.69, 9.17) is 0 Å². The molecule has 0 aliphatic heterocycles. The average Bonchev–Trinajstić information content (AvgIpc) is 2.21. The highest BCUT2D eigenvalue weighted by Crippen LogP contribution is 2.15. The molecule has 0 aliphatic carbocycles. The van der Waals surface area contributed by atoms with Gasteiger partial charge in [0, 0.05) is 0 Å². The van der Waals surface area contributed by atoms with Gasteiger partial charge < -0.3 is 0 Å². The van der Waals surface area contributed by atoms with E-state index >= 15 is 0 Å². The normalized spacial score (nSPS) is 12.5. The van der Waals surface area contributed by atoms with Crippen molar-refractivity contribution in [2.24, 2.45) is 5.92 Å². The van der Waals surface area contributed by atoms with E-state index in [2.05, 4.69) is 16.7 Å². The van der Waals surface area contributed by atoms with Gasteiger partial charge in [0.15, 0.2) is 0 Å². The molecule has 3 nitrogen and oxygen atoms in total. The fraction of sp³-hybridized carbons (Fsp3) is 0.909. The summed E-state index contributed by atoms with van der Waals surface area (Å²) in [6, 6.07) is 0. The molecular formula is C11H22O3. The van der Waals surface area contributed by atoms with Crippen molar-refractivity contribution < 1.29 is 14.6 Å². The third-order valence-corrected chi connectivity index (χ3v) is 2.24. The predicted octanol–water partition coefficient (Wildman–Crippen LogP) is 3.09. The fourth-order valence-electron chi connectivity index (χ4n) is 1.31. The second kappa shape index (κ2) is 9.00. The maximum atomic E-state index is 11.4. The molecule has 0 N–H and O–H groups in total. The minimum atomic E-state index is -0.217. The number of rotatable bonds is 8. The Bertz CT molecular complexity index is 145. The molecule has 0 aromatic carbocycles. The Morgan fingerprint density at radius 2 is 1.93 bits per heavy atom. The maximum Gasteiger partial charge on any atom is 0.345 e. The zero-order chi connectivity index (χ0) is 10.8. The Morgan fingerprint density at radius 3 is 2.43 bits per heavy atom. The van der Waals surface area contributed by atoms with Crippen LogP contribution in [0, 0.1) is 5.92 Å². The van der Waals surface area contributed by atoms with Crippen molar-refractivity contribution in [1.29, 1.82) is 0 Å². The Kier molecular flexibility index (Phi) is 8.64. The Morgan fingerprint density at radius 1 is 1.21 bits per heavy atom. The topological polar surface area (TPSA) is 35.5 Å². The van der Waals surface area contributed by atoms with E-state index < -0.39 is 0 Å². The minimum Gasteiger partial charge on any atom is -0.298 e. The third-order valence-electron chi connectivity index (χ3n) is 2.24. The molecule has 0 heterocycles. The van der Waals surface area contributed by atoms with Crippen LogP contribution in [0.25, 0.3) is 0 Å². The van der Waals surface area contributed by atoms with Crippen LogP contribution in [0.1, 0.15) is 52.9 Å². The average molecular weight is 202 g/mol. The van der Waals surface area contributed by atoms with Crippen LogP contribution < -0.4 is 0 Å². The van der Waals surface area contributed by atoms with Gasteiger partial charge in [0.1, 0.15) is 0 Å². The van der Waals surface area contributed by atoms with Crippen LogP contribution in [0.15, 0.2) is 0 Å². The van der Waals surface area contributed by atoms with Gasteiger partial charge in [0.05, 0.1) is 12.5 Å². The lowest BCUT2D eigenvalue weighted by Gasteiger charge is -2.11. The second-order valence-electron chi connectivity index (χ2n) is 3.41. The first-order chi connectivity index (χ1) is 6.76. The number of carbonyl (C=O) groups is 1. The van der Waals surface area contributed by atoms with Crippen molar-refractivity contribution in [3.05, 3.63) is 0 Å². The van der Waals surface area contributed by atoms with E-state index in [-0.39, 0.29) is 11.9 Å². The number of carbonyl (C=O) groups excluding carboxylic acids is 1. The molecule has 1 unspecified atom stereocenters. The van der Waals surface area contributed by atoms with Crippen LogP contribution in [-0.2, 0) is 14.6 Å². The van der Waals surface area contributed by atoms with E-state index in [9.17, 15) is 4.79 Å². The number of hydrogen-bond acceptors (Lipinski definition) is 3. The van der Waals surface area contributed by atoms with Crippen LogP contribution in [0.2, 0.25) is 0 Å². The highest BCUT2D eigenvalue weighted by atomic mass is 17.2. The summed E-state index contributed by atoms with van der Waals surface area (Å²) >= 11 is 0. The molecule has 0 spiro atoms. The van der Waals surface area contributed by atoms with Crippen LogP contribution in [0.3, 0.4) is 0 Å². The molecule has 0 rings (SSSR count). The van der Waals surface area contributed by atoms with E-state index in [1.54, 1.807) is 6.92 Å². The zero-order valence-electron chi connectivity index (χ0n) is 9.54. The fourth-order valence-corrected chi connectivity index (χ4v) is 1.31. The second-order valence-corrected chi connectivity index (χ2v) is 3.41. The van der Waals surface area contributed by atoms with Crippen molar-refractivity contribution >= 4 is 5.97 Å². The van der Waals surface area contributed by atoms with E-state index in [0.717, 1.165) is 19.3 Å². The van der Waals surface area contributed by atoms with Crippen LogP contribution >= 0.6 is 0 Å². The van der Waals surface area contributed by atoms with Gasteiger partial charge >= 0.3 is 5.97 Å². The highest BCUT2D eigenvalue weighted by Gasteiger charge is 2.18. The summed E-state index contributed by atoms with van der Waals surface area (Å²) in [5, 5.41) is 0. The van der Waals surface area contributed by atoms with Crippen molar-refractivity contribution in [1.82, 2.24) is 0 Å². The molecule has 0 aromatic rings. The van der Waals surface area contributed by atoms with Gasteiger partial charge in [-0.15, -0.1) is 0 Å². The summed E-state index contributed by atoms with van der Waals surface area (Å²) in [6.45, 7) is 6.37. The van der Waals surface area contributed by atoms with Crippen LogP contribution in [0.4, 0.5) is 0 Å². The molecule has 84 valence electrons. The largest absolute Gasteiger partial charge is 0.345 e. The van der Waals surface area contributed by atoms with Gasteiger partial charge in [0.2, 0.25) is 0 Å². The van der Waals surface area contributed by atoms with Gasteiger partial charge in [-0.1, -0.05) is 33.1 Å². The summed E-state index contributed by atoms with van der Waals surface area (Å²) in [6.07, 6.45) is 5.19. The SMILES string of the molecule is CCCCCC(CC)C(=O)OOCC. The van der Waals surface area contributed by atoms with Gasteiger partial charge in [-0.25, -0.2) is 4.79 Å². The molecule has 0 amide bonds. The smallest absolute Gasteiger partial charge is 0.298 e. The lowest BCUT2D eigenvalue weighted by Crippen LogP contribution is -2.17. The van der Waals surface area contributed by atoms with E-state index in [1.807, 2.05) is 6.92 Å². The number of unbranched alkanes of at least 4 members (excludes halogenated alkanes) is 2. The molecule has 0 radical (unpaired) electrons. The van der Waals surface area contributed by atoms with E-state index in [1.165, 1.54) is 12.8 Å². The maximum absolute atomic E-state index is 11.4. The molecule has 3 heteroatoms. The van der Waals surface area contributed by atoms with Gasteiger partial charge in [-0.3, -0.25) is 4.89 Å². The Balaban J connectivity index is 3.69. The molecule has 0 fully saturated rings. The monoisotopic (exact) mass is 202 g/mol. The summed E-state index contributed by atoms with van der Waals surface area (Å²) in [4.78, 5) is 20.7. The summed E-state index contributed by atoms with van der Waals surface area (Å²) < 4.78 is 0. The van der Waals surface area contributed by atoms with Gasteiger partial charge in [-0.2, -0.15) is 4.89 Å². The van der Waals surface area contributed by atoms with Crippen molar-refractivity contribution in [3.8, 4) is 0 Å². The number of hydrogen-bond donors (Lipinski definition) is 0. The highest BCUT2D eigenvalue weighted by molar-refractivity contribution is 5.71. The van der Waals surface area contributed by atoms with Crippen LogP contribution in [0.5, 0.6) is 0 Å². The molecule has 0 bridgehead atoms. The van der Waals surface area contributed by atoms with Gasteiger partial charge in [-0.05, 0) is 19.8 Å². The molecule has 0 aliphatic rings. The first-order valence-corrected chi connectivity index (χ1v) is 5.59. The standard InChI is InChI=1S/C11H22O3/c1-4-7-8-9-10(5-2)11(12)14-13-6-3/h10H,4-9H2,1-3H3. The van der Waals surface area contributed by atoms with Crippen molar-refractivity contribution in [2.75, 3.05) is 6.61 Å². The predicted molar refractivity (Wildman–Crippen MR) is 55.6 cm³/mol. The molecule has 0 saturated heterocycles. The molecule has 0 saturated carbocycles. The van der Waals surface area contributed by atoms with E-state index in [0.29, 0.717) is 6.61 Å². The zero-order valence-corrected chi connectivity index (χ0v) is 9.54. The quantitative estimate of drug-likeness (QED) is 0.345. The summed E-state index contributed by atoms with van der Waals surface area (Å²) in [5.74, 6) is -0.210. The molecule has 1 atom stereocenters. The molecular weight excluding hydrogens is 180 g/mol. The van der Waals surface area contributed by atoms with Gasteiger partial charge in [0.25, 0.3) is 0 Å². The van der Waals surface area contributed by atoms with Crippen molar-refractivity contribution in [3.63, 3.8) is 0 Å². The third kappa shape index (κ3) is 5.97. The molecule has 14 heavy (non-hydrogen) atoms. The molecule has 0 aromatic heterocycles. The summed E-state index contributed by atoms with van der Waals surface area (Å²) in [7, 11) is 0. The first-order valence-electron chi connectivity index (χ1n) is 5.59. The van der Waals surface area contributed by atoms with Crippen LogP contribution in [-0.4, -0.2) is 12.6 Å². The Hall–Kier alpha value is -0.570. The summed E-state index contributed by atoms with van der Waals surface area (Å²) in [5.41, 5.74) is 0. The Labute approximate surface area is 86.7 Å². The minimum absolute atomic E-state index is 0.00750.